The molecule has 0 spiro atoms. The summed E-state index contributed by atoms with van der Waals surface area (Å²) in [7, 11) is 0. The van der Waals surface area contributed by atoms with Crippen LogP contribution in [0.2, 0.25) is 5.02 Å². The molecule has 2 amide bonds. The summed E-state index contributed by atoms with van der Waals surface area (Å²) in [4.78, 5) is 14.3. The summed E-state index contributed by atoms with van der Waals surface area (Å²) < 4.78 is 5.37. The largest absolute Gasteiger partial charge is 0.379 e. The first-order valence-corrected chi connectivity index (χ1v) is 9.21. The van der Waals surface area contributed by atoms with Crippen molar-refractivity contribution >= 4 is 17.6 Å². The molecule has 0 atom stereocenters. The summed E-state index contributed by atoms with van der Waals surface area (Å²) in [5.74, 6) is 0. The molecule has 2 N–H and O–H groups in total. The van der Waals surface area contributed by atoms with Crippen LogP contribution in [0.25, 0.3) is 0 Å². The molecule has 138 valence electrons. The highest BCUT2D eigenvalue weighted by molar-refractivity contribution is 6.31. The van der Waals surface area contributed by atoms with Gasteiger partial charge >= 0.3 is 6.03 Å². The molecule has 0 unspecified atom stereocenters. The molecule has 26 heavy (non-hydrogen) atoms. The number of ether oxygens (including phenoxy) is 1. The van der Waals surface area contributed by atoms with Crippen molar-refractivity contribution in [3.8, 4) is 0 Å². The molecule has 0 bridgehead atoms. The van der Waals surface area contributed by atoms with Gasteiger partial charge in [-0.2, -0.15) is 0 Å². The van der Waals surface area contributed by atoms with Crippen LogP contribution in [0.4, 0.5) is 4.79 Å². The van der Waals surface area contributed by atoms with E-state index >= 15 is 0 Å². The Kier molecular flexibility index (Phi) is 6.89. The fourth-order valence-corrected chi connectivity index (χ4v) is 3.04. The number of hydrogen-bond acceptors (Lipinski definition) is 3. The highest BCUT2D eigenvalue weighted by atomic mass is 35.5. The van der Waals surface area contributed by atoms with E-state index in [2.05, 4.69) is 39.8 Å². The number of rotatable bonds is 6. The van der Waals surface area contributed by atoms with Crippen LogP contribution >= 0.6 is 11.6 Å². The number of benzene rings is 2. The third-order valence-electron chi connectivity index (χ3n) is 4.38. The van der Waals surface area contributed by atoms with E-state index in [1.165, 1.54) is 5.56 Å². The number of carbonyl (C=O) groups excluding carboxylic acids is 1. The summed E-state index contributed by atoms with van der Waals surface area (Å²) in [5, 5.41) is 6.35. The predicted octanol–water partition coefficient (Wildman–Crippen LogP) is 3.17. The smallest absolute Gasteiger partial charge is 0.315 e. The molecule has 2 aromatic rings. The zero-order chi connectivity index (χ0) is 18.2. The summed E-state index contributed by atoms with van der Waals surface area (Å²) >= 11 is 6.08. The second-order valence-corrected chi connectivity index (χ2v) is 6.74. The summed E-state index contributed by atoms with van der Waals surface area (Å²) in [6.07, 6.45) is 0. The maximum atomic E-state index is 11.9. The molecule has 0 radical (unpaired) electrons. The van der Waals surface area contributed by atoms with Gasteiger partial charge in [-0.1, -0.05) is 54.1 Å². The van der Waals surface area contributed by atoms with Crippen molar-refractivity contribution in [2.45, 2.75) is 19.6 Å². The lowest BCUT2D eigenvalue weighted by molar-refractivity contribution is 0.0342. The lowest BCUT2D eigenvalue weighted by Gasteiger charge is -2.26. The van der Waals surface area contributed by atoms with Gasteiger partial charge in [0, 0.05) is 37.7 Å². The Morgan fingerprint density at radius 1 is 0.962 bits per heavy atom. The standard InChI is InChI=1S/C20H24ClN3O2/c21-19-4-2-1-3-18(19)14-23-20(25)22-13-16-5-7-17(8-6-16)15-24-9-11-26-12-10-24/h1-8H,9-15H2,(H2,22,23,25). The van der Waals surface area contributed by atoms with Gasteiger partial charge in [-0.3, -0.25) is 4.90 Å². The van der Waals surface area contributed by atoms with Gasteiger partial charge in [0.15, 0.2) is 0 Å². The Labute approximate surface area is 159 Å². The first kappa shape index (κ1) is 18.7. The minimum absolute atomic E-state index is 0.206. The molecule has 1 aliphatic heterocycles. The van der Waals surface area contributed by atoms with E-state index in [1.807, 2.05) is 24.3 Å². The lowest BCUT2D eigenvalue weighted by atomic mass is 10.1. The van der Waals surface area contributed by atoms with Crippen molar-refractivity contribution in [1.29, 1.82) is 0 Å². The van der Waals surface area contributed by atoms with Gasteiger partial charge in [0.1, 0.15) is 0 Å². The number of nitrogens with zero attached hydrogens (tertiary/aromatic N) is 1. The van der Waals surface area contributed by atoms with E-state index in [9.17, 15) is 4.79 Å². The average Bonchev–Trinajstić information content (AvgIpc) is 2.68. The van der Waals surface area contributed by atoms with Crippen LogP contribution < -0.4 is 10.6 Å². The SMILES string of the molecule is O=C(NCc1ccc(CN2CCOCC2)cc1)NCc1ccccc1Cl. The number of urea groups is 1. The molecular weight excluding hydrogens is 350 g/mol. The van der Waals surface area contributed by atoms with Gasteiger partial charge < -0.3 is 15.4 Å². The van der Waals surface area contributed by atoms with Crippen molar-refractivity contribution in [2.24, 2.45) is 0 Å². The summed E-state index contributed by atoms with van der Waals surface area (Å²) in [5.41, 5.74) is 3.25. The normalized spacial score (nSPS) is 14.8. The molecule has 1 heterocycles. The number of carbonyl (C=O) groups is 1. The van der Waals surface area contributed by atoms with Gasteiger partial charge in [-0.25, -0.2) is 4.79 Å². The molecule has 2 aromatic carbocycles. The molecule has 3 rings (SSSR count). The molecule has 0 aromatic heterocycles. The first-order chi connectivity index (χ1) is 12.7. The van der Waals surface area contributed by atoms with Gasteiger partial charge in [-0.15, -0.1) is 0 Å². The second-order valence-electron chi connectivity index (χ2n) is 6.33. The van der Waals surface area contributed by atoms with Crippen molar-refractivity contribution in [3.63, 3.8) is 0 Å². The number of nitrogens with one attached hydrogen (secondary N) is 2. The van der Waals surface area contributed by atoms with Crippen molar-refractivity contribution < 1.29 is 9.53 Å². The van der Waals surface area contributed by atoms with Crippen molar-refractivity contribution in [2.75, 3.05) is 26.3 Å². The Morgan fingerprint density at radius 3 is 2.35 bits per heavy atom. The van der Waals surface area contributed by atoms with Gasteiger partial charge in [0.25, 0.3) is 0 Å². The fraction of sp³-hybridized carbons (Fsp3) is 0.350. The third-order valence-corrected chi connectivity index (χ3v) is 4.75. The van der Waals surface area contributed by atoms with E-state index in [0.717, 1.165) is 44.0 Å². The second kappa shape index (κ2) is 9.57. The lowest BCUT2D eigenvalue weighted by Crippen LogP contribution is -2.35. The molecule has 6 heteroatoms. The topological polar surface area (TPSA) is 53.6 Å². The van der Waals surface area contributed by atoms with Crippen molar-refractivity contribution in [1.82, 2.24) is 15.5 Å². The number of hydrogen-bond donors (Lipinski definition) is 2. The Hall–Kier alpha value is -2.08. The third kappa shape index (κ3) is 5.73. The predicted molar refractivity (Wildman–Crippen MR) is 103 cm³/mol. The van der Waals surface area contributed by atoms with Crippen molar-refractivity contribution in [3.05, 3.63) is 70.2 Å². The Morgan fingerprint density at radius 2 is 1.62 bits per heavy atom. The maximum Gasteiger partial charge on any atom is 0.315 e. The molecule has 0 aliphatic carbocycles. The van der Waals surface area contributed by atoms with E-state index in [0.29, 0.717) is 18.1 Å². The summed E-state index contributed by atoms with van der Waals surface area (Å²) in [6, 6.07) is 15.6. The fourth-order valence-electron chi connectivity index (χ4n) is 2.84. The van der Waals surface area contributed by atoms with Crippen LogP contribution in [0.3, 0.4) is 0 Å². The van der Waals surface area contributed by atoms with E-state index in [1.54, 1.807) is 0 Å². The minimum Gasteiger partial charge on any atom is -0.379 e. The highest BCUT2D eigenvalue weighted by Crippen LogP contribution is 2.14. The molecule has 5 nitrogen and oxygen atoms in total. The highest BCUT2D eigenvalue weighted by Gasteiger charge is 2.10. The zero-order valence-electron chi connectivity index (χ0n) is 14.7. The van der Waals surface area contributed by atoms with Gasteiger partial charge in [-0.05, 0) is 22.8 Å². The minimum atomic E-state index is -0.206. The van der Waals surface area contributed by atoms with Crippen LogP contribution in [0.5, 0.6) is 0 Å². The summed E-state index contributed by atoms with van der Waals surface area (Å²) in [6.45, 7) is 5.42. The Bertz CT molecular complexity index is 715. The van der Waals surface area contributed by atoms with Crippen LogP contribution in [-0.4, -0.2) is 37.2 Å². The van der Waals surface area contributed by atoms with Gasteiger partial charge in [0.05, 0.1) is 13.2 Å². The average molecular weight is 374 g/mol. The molecule has 0 saturated carbocycles. The Balaban J connectivity index is 1.41. The van der Waals surface area contributed by atoms with Crippen LogP contribution in [0, 0.1) is 0 Å². The van der Waals surface area contributed by atoms with Crippen LogP contribution in [0.15, 0.2) is 48.5 Å². The zero-order valence-corrected chi connectivity index (χ0v) is 15.5. The quantitative estimate of drug-likeness (QED) is 0.817. The molecule has 1 fully saturated rings. The number of amides is 2. The van der Waals surface area contributed by atoms with E-state index in [-0.39, 0.29) is 6.03 Å². The monoisotopic (exact) mass is 373 g/mol. The number of halogens is 1. The van der Waals surface area contributed by atoms with Gasteiger partial charge in [0.2, 0.25) is 0 Å². The molecule has 1 saturated heterocycles. The van der Waals surface area contributed by atoms with Crippen LogP contribution in [0.1, 0.15) is 16.7 Å². The first-order valence-electron chi connectivity index (χ1n) is 8.84. The maximum absolute atomic E-state index is 11.9. The van der Waals surface area contributed by atoms with E-state index in [4.69, 9.17) is 16.3 Å². The van der Waals surface area contributed by atoms with E-state index < -0.39 is 0 Å². The molecule has 1 aliphatic rings. The number of morpholine rings is 1. The molecular formula is C20H24ClN3O2. The van der Waals surface area contributed by atoms with Crippen LogP contribution in [-0.2, 0) is 24.4 Å².